The Labute approximate surface area is 165 Å². The predicted octanol–water partition coefficient (Wildman–Crippen LogP) is 2.80. The van der Waals surface area contributed by atoms with Gasteiger partial charge in [-0.2, -0.15) is 0 Å². The Morgan fingerprint density at radius 3 is 2.29 bits per heavy atom. The van der Waals surface area contributed by atoms with Crippen molar-refractivity contribution >= 4 is 23.3 Å². The summed E-state index contributed by atoms with van der Waals surface area (Å²) in [6.45, 7) is 6.27. The molecule has 1 aliphatic rings. The van der Waals surface area contributed by atoms with E-state index in [4.69, 9.17) is 4.74 Å². The first-order valence-corrected chi connectivity index (χ1v) is 9.39. The van der Waals surface area contributed by atoms with Crippen molar-refractivity contribution in [2.45, 2.75) is 20.0 Å². The molecule has 7 nitrogen and oxygen atoms in total. The molecule has 2 aromatic carbocycles. The van der Waals surface area contributed by atoms with Crippen LogP contribution in [0.15, 0.2) is 48.5 Å². The van der Waals surface area contributed by atoms with Crippen molar-refractivity contribution in [1.82, 2.24) is 10.2 Å². The van der Waals surface area contributed by atoms with Crippen LogP contribution < -0.4 is 16.0 Å². The average Bonchev–Trinajstić information content (AvgIpc) is 2.69. The zero-order valence-electron chi connectivity index (χ0n) is 16.0. The van der Waals surface area contributed by atoms with Crippen LogP contribution in [0, 0.1) is 0 Å². The number of carbonyl (C=O) groups excluding carboxylic acids is 2. The first kappa shape index (κ1) is 19.9. The molecule has 0 radical (unpaired) electrons. The van der Waals surface area contributed by atoms with E-state index in [1.165, 1.54) is 12.5 Å². The Morgan fingerprint density at radius 1 is 0.964 bits per heavy atom. The fourth-order valence-corrected chi connectivity index (χ4v) is 3.05. The van der Waals surface area contributed by atoms with Gasteiger partial charge < -0.3 is 20.7 Å². The van der Waals surface area contributed by atoms with E-state index in [9.17, 15) is 9.59 Å². The van der Waals surface area contributed by atoms with Gasteiger partial charge >= 0.3 is 6.03 Å². The van der Waals surface area contributed by atoms with Gasteiger partial charge in [-0.1, -0.05) is 24.3 Å². The summed E-state index contributed by atoms with van der Waals surface area (Å²) in [4.78, 5) is 25.5. The van der Waals surface area contributed by atoms with Crippen molar-refractivity contribution in [3.05, 3.63) is 59.7 Å². The zero-order valence-corrected chi connectivity index (χ0v) is 16.0. The number of ether oxygens (including phenoxy) is 1. The molecule has 0 atom stereocenters. The molecule has 0 aliphatic carbocycles. The molecule has 0 saturated carbocycles. The molecule has 1 saturated heterocycles. The number of urea groups is 1. The maximum Gasteiger partial charge on any atom is 0.319 e. The van der Waals surface area contributed by atoms with Gasteiger partial charge in [0.1, 0.15) is 0 Å². The summed E-state index contributed by atoms with van der Waals surface area (Å²) in [5.41, 5.74) is 3.64. The minimum atomic E-state index is -0.272. The standard InChI is InChI=1S/C21H26N4O3/c1-16(26)23-19-5-7-20(8-6-19)24-21(27)22-14-17-3-2-4-18(13-17)15-25-9-11-28-12-10-25/h2-8,13H,9-12,14-15H2,1H3,(H,23,26)(H2,22,24,27). The minimum absolute atomic E-state index is 0.130. The smallest absolute Gasteiger partial charge is 0.319 e. The first-order chi connectivity index (χ1) is 13.6. The third kappa shape index (κ3) is 6.37. The van der Waals surface area contributed by atoms with E-state index < -0.39 is 0 Å². The van der Waals surface area contributed by atoms with Gasteiger partial charge in [-0.15, -0.1) is 0 Å². The number of amides is 3. The van der Waals surface area contributed by atoms with Crippen molar-refractivity contribution in [3.8, 4) is 0 Å². The van der Waals surface area contributed by atoms with Gasteiger partial charge in [-0.3, -0.25) is 9.69 Å². The van der Waals surface area contributed by atoms with Crippen LogP contribution in [0.1, 0.15) is 18.1 Å². The maximum absolute atomic E-state index is 12.1. The van der Waals surface area contributed by atoms with Crippen molar-refractivity contribution in [2.75, 3.05) is 36.9 Å². The molecule has 0 aromatic heterocycles. The van der Waals surface area contributed by atoms with Crippen molar-refractivity contribution in [1.29, 1.82) is 0 Å². The molecule has 3 N–H and O–H groups in total. The number of benzene rings is 2. The second-order valence-corrected chi connectivity index (χ2v) is 6.77. The third-order valence-corrected chi connectivity index (χ3v) is 4.42. The van der Waals surface area contributed by atoms with Crippen LogP contribution in [0.2, 0.25) is 0 Å². The monoisotopic (exact) mass is 382 g/mol. The van der Waals surface area contributed by atoms with Gasteiger partial charge in [-0.25, -0.2) is 4.79 Å². The van der Waals surface area contributed by atoms with Crippen LogP contribution in [-0.4, -0.2) is 43.1 Å². The molecule has 0 spiro atoms. The van der Waals surface area contributed by atoms with Crippen molar-refractivity contribution in [3.63, 3.8) is 0 Å². The number of carbonyl (C=O) groups is 2. The molecule has 7 heteroatoms. The molecule has 0 unspecified atom stereocenters. The van der Waals surface area contributed by atoms with Gasteiger partial charge in [0.15, 0.2) is 0 Å². The molecule has 1 heterocycles. The number of hydrogen-bond acceptors (Lipinski definition) is 4. The SMILES string of the molecule is CC(=O)Nc1ccc(NC(=O)NCc2cccc(CN3CCOCC3)c2)cc1. The van der Waals surface area contributed by atoms with E-state index in [1.807, 2.05) is 12.1 Å². The highest BCUT2D eigenvalue weighted by atomic mass is 16.5. The maximum atomic E-state index is 12.1. The molecule has 0 bridgehead atoms. The minimum Gasteiger partial charge on any atom is -0.379 e. The normalized spacial score (nSPS) is 14.3. The first-order valence-electron chi connectivity index (χ1n) is 9.39. The highest BCUT2D eigenvalue weighted by molar-refractivity contribution is 5.91. The molecule has 3 amide bonds. The Kier molecular flexibility index (Phi) is 7.00. The fourth-order valence-electron chi connectivity index (χ4n) is 3.05. The zero-order chi connectivity index (χ0) is 19.8. The van der Waals surface area contributed by atoms with Gasteiger partial charge in [0.25, 0.3) is 0 Å². The summed E-state index contributed by atoms with van der Waals surface area (Å²) in [5, 5.41) is 8.35. The van der Waals surface area contributed by atoms with Crippen LogP contribution >= 0.6 is 0 Å². The summed E-state index contributed by atoms with van der Waals surface area (Å²) in [6, 6.07) is 15.0. The molecular weight excluding hydrogens is 356 g/mol. The molecule has 28 heavy (non-hydrogen) atoms. The average molecular weight is 382 g/mol. The van der Waals surface area contributed by atoms with Crippen LogP contribution in [0.3, 0.4) is 0 Å². The Bertz CT molecular complexity index is 802. The van der Waals surface area contributed by atoms with E-state index in [0.717, 1.165) is 38.4 Å². The number of morpholine rings is 1. The number of nitrogens with zero attached hydrogens (tertiary/aromatic N) is 1. The summed E-state index contributed by atoms with van der Waals surface area (Å²) >= 11 is 0. The predicted molar refractivity (Wildman–Crippen MR) is 109 cm³/mol. The summed E-state index contributed by atoms with van der Waals surface area (Å²) in [7, 11) is 0. The number of anilines is 2. The van der Waals surface area contributed by atoms with E-state index in [2.05, 4.69) is 33.0 Å². The van der Waals surface area contributed by atoms with Crippen molar-refractivity contribution < 1.29 is 14.3 Å². The van der Waals surface area contributed by atoms with Crippen molar-refractivity contribution in [2.24, 2.45) is 0 Å². The van der Waals surface area contributed by atoms with E-state index in [-0.39, 0.29) is 11.9 Å². The lowest BCUT2D eigenvalue weighted by Gasteiger charge is -2.26. The summed E-state index contributed by atoms with van der Waals surface area (Å²) < 4.78 is 5.38. The molecule has 3 rings (SSSR count). The lowest BCUT2D eigenvalue weighted by Crippen LogP contribution is -2.35. The summed E-state index contributed by atoms with van der Waals surface area (Å²) in [6.07, 6.45) is 0. The molecule has 1 fully saturated rings. The molecule has 2 aromatic rings. The quantitative estimate of drug-likeness (QED) is 0.717. The van der Waals surface area contributed by atoms with E-state index in [1.54, 1.807) is 24.3 Å². The number of nitrogens with one attached hydrogen (secondary N) is 3. The Morgan fingerprint density at radius 2 is 1.61 bits per heavy atom. The molecule has 1 aliphatic heterocycles. The van der Waals surface area contributed by atoms with Gasteiger partial charge in [0.05, 0.1) is 13.2 Å². The van der Waals surface area contributed by atoms with Gasteiger partial charge in [-0.05, 0) is 35.4 Å². The summed E-state index contributed by atoms with van der Waals surface area (Å²) in [5.74, 6) is -0.130. The second kappa shape index (κ2) is 9.87. The van der Waals surface area contributed by atoms with Crippen LogP contribution in [0.4, 0.5) is 16.2 Å². The molecular formula is C21H26N4O3. The Hall–Kier alpha value is -2.90. The highest BCUT2D eigenvalue weighted by Crippen LogP contribution is 2.14. The van der Waals surface area contributed by atoms with Crippen LogP contribution in [-0.2, 0) is 22.6 Å². The third-order valence-electron chi connectivity index (χ3n) is 4.42. The number of hydrogen-bond donors (Lipinski definition) is 3. The van der Waals surface area contributed by atoms with E-state index >= 15 is 0 Å². The van der Waals surface area contributed by atoms with Gasteiger partial charge in [0, 0.05) is 44.5 Å². The fraction of sp³-hybridized carbons (Fsp3) is 0.333. The topological polar surface area (TPSA) is 82.7 Å². The molecule has 148 valence electrons. The highest BCUT2D eigenvalue weighted by Gasteiger charge is 2.11. The van der Waals surface area contributed by atoms with Gasteiger partial charge in [0.2, 0.25) is 5.91 Å². The van der Waals surface area contributed by atoms with E-state index in [0.29, 0.717) is 17.9 Å². The Balaban J connectivity index is 1.47. The van der Waals surface area contributed by atoms with Crippen LogP contribution in [0.25, 0.3) is 0 Å². The van der Waals surface area contributed by atoms with Crippen LogP contribution in [0.5, 0.6) is 0 Å². The largest absolute Gasteiger partial charge is 0.379 e. The second-order valence-electron chi connectivity index (χ2n) is 6.77. The lowest BCUT2D eigenvalue weighted by atomic mass is 10.1. The lowest BCUT2D eigenvalue weighted by molar-refractivity contribution is -0.114. The number of rotatable bonds is 6.